The molecular weight excluding hydrogens is 324 g/mol. The minimum absolute atomic E-state index is 0.109. The van der Waals surface area contributed by atoms with Gasteiger partial charge < -0.3 is 21.0 Å². The molecule has 8 nitrogen and oxygen atoms in total. The van der Waals surface area contributed by atoms with Gasteiger partial charge in [-0.25, -0.2) is 10.8 Å². The summed E-state index contributed by atoms with van der Waals surface area (Å²) in [5, 5.41) is 21.5. The Morgan fingerprint density at radius 1 is 1.20 bits per heavy atom. The van der Waals surface area contributed by atoms with E-state index in [0.717, 1.165) is 0 Å². The van der Waals surface area contributed by atoms with E-state index in [4.69, 9.17) is 10.9 Å². The summed E-state index contributed by atoms with van der Waals surface area (Å²) in [5.41, 5.74) is 3.86. The maximum absolute atomic E-state index is 12.5. The van der Waals surface area contributed by atoms with Gasteiger partial charge in [0, 0.05) is 12.0 Å². The van der Waals surface area contributed by atoms with Crippen LogP contribution in [0.15, 0.2) is 47.5 Å². The normalized spacial score (nSPS) is 10.6. The topological polar surface area (TPSA) is 137 Å². The number of hydrazine groups is 1. The molecule has 0 aliphatic carbocycles. The minimum Gasteiger partial charge on any atom is -0.506 e. The average Bonchev–Trinajstić information content (AvgIpc) is 2.60. The second-order valence-corrected chi connectivity index (χ2v) is 5.13. The maximum Gasteiger partial charge on any atom is 0.303 e. The molecule has 0 spiro atoms. The molecule has 0 aromatic heterocycles. The van der Waals surface area contributed by atoms with Crippen molar-refractivity contribution in [2.45, 2.75) is 12.8 Å². The summed E-state index contributed by atoms with van der Waals surface area (Å²) in [6.45, 7) is 0. The molecule has 130 valence electrons. The molecule has 25 heavy (non-hydrogen) atoms. The molecule has 2 aromatic rings. The predicted octanol–water partition coefficient (Wildman–Crippen LogP) is 1.78. The second-order valence-electron chi connectivity index (χ2n) is 5.13. The number of nitrogens with zero attached hydrogens (tertiary/aromatic N) is 1. The molecule has 0 radical (unpaired) electrons. The van der Waals surface area contributed by atoms with Gasteiger partial charge in [0.25, 0.3) is 5.91 Å². The Kier molecular flexibility index (Phi) is 6.08. The molecule has 0 bridgehead atoms. The number of aromatic hydroxyl groups is 1. The molecule has 0 saturated heterocycles. The number of phenols is 1. The van der Waals surface area contributed by atoms with Crippen LogP contribution in [0.2, 0.25) is 0 Å². The van der Waals surface area contributed by atoms with Gasteiger partial charge in [0.15, 0.2) is 0 Å². The number of nitrogens with one attached hydrogen (secondary N) is 2. The van der Waals surface area contributed by atoms with E-state index in [0.29, 0.717) is 16.8 Å². The van der Waals surface area contributed by atoms with Crippen LogP contribution >= 0.6 is 0 Å². The van der Waals surface area contributed by atoms with Crippen LogP contribution in [0.3, 0.4) is 0 Å². The van der Waals surface area contributed by atoms with Crippen molar-refractivity contribution in [3.8, 4) is 5.75 Å². The number of carboxylic acids is 1. The fourth-order valence-corrected chi connectivity index (χ4v) is 2.21. The van der Waals surface area contributed by atoms with Crippen LogP contribution in [0.4, 0.5) is 11.4 Å². The Hall–Kier alpha value is -3.39. The summed E-state index contributed by atoms with van der Waals surface area (Å²) >= 11 is 0. The number of aliphatic imine (C=N–C) groups is 1. The van der Waals surface area contributed by atoms with E-state index in [1.54, 1.807) is 36.4 Å². The van der Waals surface area contributed by atoms with Gasteiger partial charge >= 0.3 is 5.97 Å². The van der Waals surface area contributed by atoms with Gasteiger partial charge in [-0.05, 0) is 36.2 Å². The van der Waals surface area contributed by atoms with Crippen LogP contribution in [0.5, 0.6) is 5.75 Å². The smallest absolute Gasteiger partial charge is 0.303 e. The number of aliphatic carboxylic acids is 1. The van der Waals surface area contributed by atoms with Gasteiger partial charge in [-0.3, -0.25) is 9.59 Å². The molecule has 1 amide bonds. The van der Waals surface area contributed by atoms with Crippen LogP contribution < -0.4 is 16.6 Å². The number of rotatable bonds is 7. The highest BCUT2D eigenvalue weighted by Gasteiger charge is 2.14. The van der Waals surface area contributed by atoms with Crippen LogP contribution in [0.25, 0.3) is 0 Å². The van der Waals surface area contributed by atoms with Crippen molar-refractivity contribution < 1.29 is 19.8 Å². The Morgan fingerprint density at radius 3 is 2.68 bits per heavy atom. The third-order valence-corrected chi connectivity index (χ3v) is 3.37. The third-order valence-electron chi connectivity index (χ3n) is 3.37. The lowest BCUT2D eigenvalue weighted by Crippen LogP contribution is -2.18. The lowest BCUT2D eigenvalue weighted by atomic mass is 10.1. The number of nitrogens with two attached hydrogens (primary N) is 1. The highest BCUT2D eigenvalue weighted by molar-refractivity contribution is 6.06. The van der Waals surface area contributed by atoms with Gasteiger partial charge in [0.2, 0.25) is 0 Å². The quantitative estimate of drug-likeness (QED) is 0.171. The predicted molar refractivity (Wildman–Crippen MR) is 93.9 cm³/mol. The molecule has 2 rings (SSSR count). The Labute approximate surface area is 144 Å². The van der Waals surface area contributed by atoms with Crippen LogP contribution in [0, 0.1) is 0 Å². The average molecular weight is 342 g/mol. The van der Waals surface area contributed by atoms with Crippen molar-refractivity contribution >= 4 is 29.6 Å². The van der Waals surface area contributed by atoms with Crippen molar-refractivity contribution in [1.29, 1.82) is 0 Å². The summed E-state index contributed by atoms with van der Waals surface area (Å²) in [6.07, 6.45) is 1.36. The molecule has 0 heterocycles. The van der Waals surface area contributed by atoms with Crippen molar-refractivity contribution in [1.82, 2.24) is 5.43 Å². The summed E-state index contributed by atoms with van der Waals surface area (Å²) in [6, 6.07) is 11.2. The first-order chi connectivity index (χ1) is 12.0. The summed E-state index contributed by atoms with van der Waals surface area (Å²) in [7, 11) is 0. The molecule has 0 aliphatic rings. The fourth-order valence-electron chi connectivity index (χ4n) is 2.21. The zero-order chi connectivity index (χ0) is 18.2. The molecule has 0 atom stereocenters. The van der Waals surface area contributed by atoms with Gasteiger partial charge in [-0.2, -0.15) is 0 Å². The van der Waals surface area contributed by atoms with E-state index in [1.807, 2.05) is 0 Å². The van der Waals surface area contributed by atoms with Crippen LogP contribution in [0.1, 0.15) is 22.3 Å². The number of aryl methyl sites for hydroxylation is 1. The van der Waals surface area contributed by atoms with Gasteiger partial charge in [-0.15, -0.1) is 0 Å². The first kappa shape index (κ1) is 18.0. The first-order valence-corrected chi connectivity index (χ1v) is 7.44. The van der Waals surface area contributed by atoms with Crippen molar-refractivity contribution in [3.63, 3.8) is 0 Å². The number of phenolic OH excluding ortho intramolecular Hbond substituents is 1. The molecule has 8 heteroatoms. The van der Waals surface area contributed by atoms with Crippen LogP contribution in [-0.2, 0) is 11.2 Å². The molecule has 2 aromatic carbocycles. The summed E-state index contributed by atoms with van der Waals surface area (Å²) in [4.78, 5) is 27.2. The lowest BCUT2D eigenvalue weighted by molar-refractivity contribution is -0.136. The van der Waals surface area contributed by atoms with E-state index in [-0.39, 0.29) is 24.3 Å². The van der Waals surface area contributed by atoms with Crippen molar-refractivity contribution in [2.24, 2.45) is 10.8 Å². The number of anilines is 1. The van der Waals surface area contributed by atoms with Crippen molar-refractivity contribution in [3.05, 3.63) is 53.6 Å². The Bertz CT molecular complexity index is 805. The van der Waals surface area contributed by atoms with E-state index in [2.05, 4.69) is 15.7 Å². The molecule has 0 unspecified atom stereocenters. The lowest BCUT2D eigenvalue weighted by Gasteiger charge is -2.12. The summed E-state index contributed by atoms with van der Waals surface area (Å²) < 4.78 is 0. The standard InChI is InChI=1S/C17H18N4O4/c18-20-10-19-13-5-1-4-12(9-13)17(25)21-16-11(7-8-15(23)24)3-2-6-14(16)22/h1-6,9-10,22H,7-8,18H2,(H,19,20)(H,21,25)(H,23,24). The zero-order valence-electron chi connectivity index (χ0n) is 13.3. The maximum atomic E-state index is 12.5. The van der Waals surface area contributed by atoms with E-state index in [9.17, 15) is 14.7 Å². The number of hydrogen-bond donors (Lipinski definition) is 5. The van der Waals surface area contributed by atoms with E-state index >= 15 is 0 Å². The number of hydrogen-bond acceptors (Lipinski definition) is 5. The molecule has 0 aliphatic heterocycles. The molecule has 0 saturated carbocycles. The Morgan fingerprint density at radius 2 is 1.96 bits per heavy atom. The van der Waals surface area contributed by atoms with Gasteiger partial charge in [0.05, 0.1) is 11.4 Å². The Balaban J connectivity index is 2.23. The number of amides is 1. The van der Waals surface area contributed by atoms with E-state index in [1.165, 1.54) is 12.4 Å². The number of carbonyl (C=O) groups excluding carboxylic acids is 1. The van der Waals surface area contributed by atoms with Gasteiger partial charge in [-0.1, -0.05) is 18.2 Å². The third kappa shape index (κ3) is 5.05. The largest absolute Gasteiger partial charge is 0.506 e. The highest BCUT2D eigenvalue weighted by Crippen LogP contribution is 2.29. The minimum atomic E-state index is -0.959. The molecule has 6 N–H and O–H groups in total. The zero-order valence-corrected chi connectivity index (χ0v) is 13.3. The first-order valence-electron chi connectivity index (χ1n) is 7.44. The number of carbonyl (C=O) groups is 2. The second kappa shape index (κ2) is 8.46. The molecular formula is C17H18N4O4. The number of benzene rings is 2. The SMILES string of the molecule is NNC=Nc1cccc(C(=O)Nc2c(O)cccc2CCC(=O)O)c1. The number of carboxylic acid groups (broad SMARTS) is 1. The molecule has 0 fully saturated rings. The van der Waals surface area contributed by atoms with Gasteiger partial charge in [0.1, 0.15) is 12.1 Å². The number of para-hydroxylation sites is 1. The van der Waals surface area contributed by atoms with E-state index < -0.39 is 11.9 Å². The fraction of sp³-hybridized carbons (Fsp3) is 0.118. The summed E-state index contributed by atoms with van der Waals surface area (Å²) in [5.74, 6) is 3.58. The van der Waals surface area contributed by atoms with Crippen LogP contribution in [-0.4, -0.2) is 28.4 Å². The highest BCUT2D eigenvalue weighted by atomic mass is 16.4. The van der Waals surface area contributed by atoms with Crippen molar-refractivity contribution in [2.75, 3.05) is 5.32 Å². The monoisotopic (exact) mass is 342 g/mol.